The number of urea groups is 1. The van der Waals surface area contributed by atoms with Crippen LogP contribution in [-0.4, -0.2) is 17.8 Å². The van der Waals surface area contributed by atoms with Crippen molar-refractivity contribution in [1.29, 1.82) is 0 Å². The molecular weight excluding hydrogens is 244 g/mol. The maximum atomic E-state index is 11.0. The zero-order valence-electron chi connectivity index (χ0n) is 8.66. The van der Waals surface area contributed by atoms with Crippen LogP contribution in [0.2, 0.25) is 5.02 Å². The summed E-state index contributed by atoms with van der Waals surface area (Å²) < 4.78 is 0. The molecule has 1 fully saturated rings. The van der Waals surface area contributed by atoms with E-state index in [-0.39, 0.29) is 18.2 Å². The van der Waals surface area contributed by atoms with Gasteiger partial charge in [-0.1, -0.05) is 11.6 Å². The molecule has 0 aromatic heterocycles. The van der Waals surface area contributed by atoms with Crippen LogP contribution in [0.25, 0.3) is 0 Å². The Labute approximate surface area is 102 Å². The number of nitrogens with zero attached hydrogens (tertiary/aromatic N) is 1. The van der Waals surface area contributed by atoms with Crippen LogP contribution in [-0.2, 0) is 4.79 Å². The Bertz CT molecular complexity index is 466. The summed E-state index contributed by atoms with van der Waals surface area (Å²) in [7, 11) is 0. The highest BCUT2D eigenvalue weighted by Gasteiger charge is 2.19. The number of imide groups is 1. The molecule has 0 atom stereocenters. The summed E-state index contributed by atoms with van der Waals surface area (Å²) in [5.41, 5.74) is 3.43. The number of rotatable bonds is 2. The average Bonchev–Trinajstić information content (AvgIpc) is 2.27. The predicted octanol–water partition coefficient (Wildman–Crippen LogP) is 1.29. The first-order chi connectivity index (χ1) is 8.13. The third kappa shape index (κ3) is 3.18. The van der Waals surface area contributed by atoms with Crippen LogP contribution in [0.5, 0.6) is 0 Å². The summed E-state index contributed by atoms with van der Waals surface area (Å²) in [5, 5.41) is 9.05. The molecule has 3 amide bonds. The SMILES string of the molecule is O=C1CC(=NNc2ccc(Cl)cc2)NC(=O)N1. The highest BCUT2D eigenvalue weighted by atomic mass is 35.5. The van der Waals surface area contributed by atoms with Crippen LogP contribution in [0.1, 0.15) is 6.42 Å². The van der Waals surface area contributed by atoms with Crippen molar-refractivity contribution in [3.05, 3.63) is 29.3 Å². The number of amidine groups is 1. The molecule has 1 aromatic carbocycles. The minimum atomic E-state index is -0.571. The number of hydrogen-bond donors (Lipinski definition) is 3. The molecule has 6 nitrogen and oxygen atoms in total. The molecule has 0 spiro atoms. The minimum absolute atomic E-state index is 0.0341. The highest BCUT2D eigenvalue weighted by molar-refractivity contribution is 6.30. The number of halogens is 1. The smallest absolute Gasteiger partial charge is 0.294 e. The maximum absolute atomic E-state index is 11.0. The minimum Gasteiger partial charge on any atom is -0.294 e. The van der Waals surface area contributed by atoms with Crippen molar-refractivity contribution >= 4 is 35.1 Å². The van der Waals surface area contributed by atoms with Crippen LogP contribution in [0.15, 0.2) is 29.4 Å². The molecule has 3 N–H and O–H groups in total. The normalized spacial score (nSPS) is 17.6. The maximum Gasteiger partial charge on any atom is 0.326 e. The lowest BCUT2D eigenvalue weighted by molar-refractivity contribution is -0.119. The Morgan fingerprint density at radius 3 is 2.53 bits per heavy atom. The zero-order valence-corrected chi connectivity index (χ0v) is 9.41. The van der Waals surface area contributed by atoms with Gasteiger partial charge in [-0.25, -0.2) is 4.79 Å². The van der Waals surface area contributed by atoms with E-state index in [9.17, 15) is 9.59 Å². The van der Waals surface area contributed by atoms with E-state index in [1.807, 2.05) is 0 Å². The van der Waals surface area contributed by atoms with Gasteiger partial charge < -0.3 is 0 Å². The van der Waals surface area contributed by atoms with Crippen LogP contribution in [0.3, 0.4) is 0 Å². The topological polar surface area (TPSA) is 82.6 Å². The summed E-state index contributed by atoms with van der Waals surface area (Å²) in [6, 6.07) is 6.30. The van der Waals surface area contributed by atoms with E-state index in [1.54, 1.807) is 24.3 Å². The van der Waals surface area contributed by atoms with Crippen molar-refractivity contribution in [2.24, 2.45) is 5.10 Å². The fourth-order valence-electron chi connectivity index (χ4n) is 1.25. The number of amides is 3. The van der Waals surface area contributed by atoms with E-state index in [0.717, 1.165) is 0 Å². The Kier molecular flexibility index (Phi) is 3.24. The van der Waals surface area contributed by atoms with Crippen molar-refractivity contribution < 1.29 is 9.59 Å². The van der Waals surface area contributed by atoms with Gasteiger partial charge in [0.1, 0.15) is 5.84 Å². The molecule has 88 valence electrons. The third-order valence-electron chi connectivity index (χ3n) is 2.00. The molecule has 17 heavy (non-hydrogen) atoms. The molecule has 1 aliphatic heterocycles. The van der Waals surface area contributed by atoms with E-state index in [1.165, 1.54) is 0 Å². The third-order valence-corrected chi connectivity index (χ3v) is 2.25. The second-order valence-electron chi connectivity index (χ2n) is 3.36. The van der Waals surface area contributed by atoms with E-state index in [0.29, 0.717) is 10.7 Å². The summed E-state index contributed by atoms with van der Waals surface area (Å²) >= 11 is 5.73. The lowest BCUT2D eigenvalue weighted by atomic mass is 10.3. The standard InChI is InChI=1S/C10H9ClN4O2/c11-6-1-3-7(4-2-6)14-15-8-5-9(16)13-10(17)12-8/h1-4,14H,5H2,(H2,12,13,15,16,17). The van der Waals surface area contributed by atoms with Gasteiger partial charge in [-0.3, -0.25) is 20.9 Å². The van der Waals surface area contributed by atoms with Crippen LogP contribution < -0.4 is 16.1 Å². The average molecular weight is 253 g/mol. The lowest BCUT2D eigenvalue weighted by Gasteiger charge is -2.14. The molecule has 1 saturated heterocycles. The summed E-state index contributed by atoms with van der Waals surface area (Å²) in [4.78, 5) is 22.0. The van der Waals surface area contributed by atoms with Crippen molar-refractivity contribution in [3.63, 3.8) is 0 Å². The van der Waals surface area contributed by atoms with Gasteiger partial charge in [-0.15, -0.1) is 0 Å². The van der Waals surface area contributed by atoms with Gasteiger partial charge >= 0.3 is 6.03 Å². The zero-order chi connectivity index (χ0) is 12.3. The molecule has 0 radical (unpaired) electrons. The Morgan fingerprint density at radius 2 is 1.88 bits per heavy atom. The van der Waals surface area contributed by atoms with Gasteiger partial charge in [-0.05, 0) is 24.3 Å². The first kappa shape index (κ1) is 11.4. The van der Waals surface area contributed by atoms with Gasteiger partial charge in [0, 0.05) is 5.02 Å². The van der Waals surface area contributed by atoms with E-state index in [2.05, 4.69) is 21.2 Å². The van der Waals surface area contributed by atoms with E-state index in [4.69, 9.17) is 11.6 Å². The molecule has 0 saturated carbocycles. The fourth-order valence-corrected chi connectivity index (χ4v) is 1.38. The molecule has 7 heteroatoms. The van der Waals surface area contributed by atoms with Crippen LogP contribution >= 0.6 is 11.6 Å². The van der Waals surface area contributed by atoms with Crippen molar-refractivity contribution in [2.75, 3.05) is 5.43 Å². The number of hydrazone groups is 1. The number of carbonyl (C=O) groups excluding carboxylic acids is 2. The summed E-state index contributed by atoms with van der Waals surface area (Å²) in [6.45, 7) is 0. The largest absolute Gasteiger partial charge is 0.326 e. The number of hydrogen-bond acceptors (Lipinski definition) is 4. The van der Waals surface area contributed by atoms with Gasteiger partial charge in [0.2, 0.25) is 5.91 Å². The molecule has 1 aliphatic rings. The first-order valence-electron chi connectivity index (χ1n) is 4.82. The number of anilines is 1. The second kappa shape index (κ2) is 4.84. The molecule has 0 unspecified atom stereocenters. The summed E-state index contributed by atoms with van der Waals surface area (Å²) in [6.07, 6.45) is 0.0341. The number of nitrogens with one attached hydrogen (secondary N) is 3. The van der Waals surface area contributed by atoms with Gasteiger partial charge in [-0.2, -0.15) is 5.10 Å². The van der Waals surface area contributed by atoms with Crippen LogP contribution in [0, 0.1) is 0 Å². The summed E-state index contributed by atoms with van der Waals surface area (Å²) in [5.74, 6) is -0.112. The highest BCUT2D eigenvalue weighted by Crippen LogP contribution is 2.13. The molecule has 1 aromatic rings. The molecule has 0 bridgehead atoms. The fraction of sp³-hybridized carbons (Fsp3) is 0.100. The Morgan fingerprint density at radius 1 is 1.18 bits per heavy atom. The predicted molar refractivity (Wildman–Crippen MR) is 63.8 cm³/mol. The molecular formula is C10H9ClN4O2. The molecule has 2 rings (SSSR count). The monoisotopic (exact) mass is 252 g/mol. The van der Waals surface area contributed by atoms with Gasteiger partial charge in [0.15, 0.2) is 0 Å². The lowest BCUT2D eigenvalue weighted by Crippen LogP contribution is -2.50. The van der Waals surface area contributed by atoms with Crippen molar-refractivity contribution in [3.8, 4) is 0 Å². The molecule has 0 aliphatic carbocycles. The Balaban J connectivity index is 2.02. The van der Waals surface area contributed by atoms with Crippen LogP contribution in [0.4, 0.5) is 10.5 Å². The second-order valence-corrected chi connectivity index (χ2v) is 3.79. The first-order valence-corrected chi connectivity index (χ1v) is 5.20. The van der Waals surface area contributed by atoms with E-state index < -0.39 is 6.03 Å². The van der Waals surface area contributed by atoms with E-state index >= 15 is 0 Å². The number of carbonyl (C=O) groups is 2. The number of benzene rings is 1. The molecule has 1 heterocycles. The van der Waals surface area contributed by atoms with Crippen molar-refractivity contribution in [1.82, 2.24) is 10.6 Å². The quantitative estimate of drug-likeness (QED) is 0.694. The van der Waals surface area contributed by atoms with Crippen molar-refractivity contribution in [2.45, 2.75) is 6.42 Å². The Hall–Kier alpha value is -2.08. The van der Waals surface area contributed by atoms with Gasteiger partial charge in [0.05, 0.1) is 12.1 Å². The van der Waals surface area contributed by atoms with Gasteiger partial charge in [0.25, 0.3) is 0 Å².